The summed E-state index contributed by atoms with van der Waals surface area (Å²) in [5, 5.41) is 0. The van der Waals surface area contributed by atoms with Gasteiger partial charge < -0.3 is 15.2 Å². The van der Waals surface area contributed by atoms with Gasteiger partial charge in [0.25, 0.3) is 0 Å². The predicted molar refractivity (Wildman–Crippen MR) is 80.9 cm³/mol. The molecule has 2 unspecified atom stereocenters. The van der Waals surface area contributed by atoms with Crippen molar-refractivity contribution < 1.29 is 14.3 Å². The van der Waals surface area contributed by atoms with Crippen LogP contribution in [-0.4, -0.2) is 42.4 Å². The topological polar surface area (TPSA) is 64.8 Å². The van der Waals surface area contributed by atoms with Crippen LogP contribution >= 0.6 is 0 Å². The molecule has 1 saturated heterocycles. The van der Waals surface area contributed by atoms with Gasteiger partial charge >= 0.3 is 6.09 Å². The molecule has 0 radical (unpaired) electrons. The Morgan fingerprint density at radius 3 is 2.67 bits per heavy atom. The molecule has 5 heteroatoms. The monoisotopic (exact) mass is 292 g/mol. The van der Waals surface area contributed by atoms with Gasteiger partial charge in [0, 0.05) is 6.54 Å². The van der Waals surface area contributed by atoms with Crippen molar-refractivity contribution in [2.75, 3.05) is 19.8 Å². The number of ether oxygens (including phenoxy) is 2. The van der Waals surface area contributed by atoms with E-state index in [4.69, 9.17) is 15.2 Å². The number of carbonyl (C=O) groups excluding carboxylic acids is 1. The van der Waals surface area contributed by atoms with E-state index in [1.807, 2.05) is 51.1 Å². The van der Waals surface area contributed by atoms with Crippen LogP contribution in [0.5, 0.6) is 0 Å². The van der Waals surface area contributed by atoms with Gasteiger partial charge in [-0.3, -0.25) is 4.90 Å². The van der Waals surface area contributed by atoms with Crippen LogP contribution in [0, 0.1) is 0 Å². The molecule has 116 valence electrons. The molecule has 2 atom stereocenters. The third kappa shape index (κ3) is 4.19. The average molecular weight is 292 g/mol. The molecule has 1 aromatic carbocycles. The van der Waals surface area contributed by atoms with Crippen molar-refractivity contribution in [3.63, 3.8) is 0 Å². The first-order valence-electron chi connectivity index (χ1n) is 7.26. The molecule has 2 rings (SSSR count). The summed E-state index contributed by atoms with van der Waals surface area (Å²) in [5.41, 5.74) is 6.80. The summed E-state index contributed by atoms with van der Waals surface area (Å²) in [7, 11) is 0. The fourth-order valence-corrected chi connectivity index (χ4v) is 2.36. The van der Waals surface area contributed by atoms with E-state index in [9.17, 15) is 4.79 Å². The highest BCUT2D eigenvalue weighted by Crippen LogP contribution is 2.23. The number of hydrogen-bond donors (Lipinski definition) is 1. The number of amides is 1. The normalized spacial score (nSPS) is 21.0. The lowest BCUT2D eigenvalue weighted by molar-refractivity contribution is -0.0382. The SMILES string of the molecule is CC(C)(C)OC(=O)N1CCOCC1C(N)c1ccccc1. The molecule has 1 aliphatic rings. The van der Waals surface area contributed by atoms with Crippen molar-refractivity contribution in [1.29, 1.82) is 0 Å². The van der Waals surface area contributed by atoms with Crippen molar-refractivity contribution in [2.45, 2.75) is 38.5 Å². The maximum atomic E-state index is 12.4. The summed E-state index contributed by atoms with van der Waals surface area (Å²) in [6, 6.07) is 9.25. The zero-order valence-corrected chi connectivity index (χ0v) is 12.9. The number of carbonyl (C=O) groups is 1. The van der Waals surface area contributed by atoms with Gasteiger partial charge in [0.2, 0.25) is 0 Å². The van der Waals surface area contributed by atoms with E-state index < -0.39 is 5.60 Å². The standard InChI is InChI=1S/C16H24N2O3/c1-16(2,3)21-15(19)18-9-10-20-11-13(18)14(17)12-7-5-4-6-8-12/h4-8,13-14H,9-11,17H2,1-3H3. The fraction of sp³-hybridized carbons (Fsp3) is 0.562. The summed E-state index contributed by atoms with van der Waals surface area (Å²) in [6.07, 6.45) is -0.331. The molecule has 1 fully saturated rings. The highest BCUT2D eigenvalue weighted by molar-refractivity contribution is 5.69. The number of morpholine rings is 1. The van der Waals surface area contributed by atoms with Gasteiger partial charge in [-0.25, -0.2) is 4.79 Å². The molecule has 0 bridgehead atoms. The second kappa shape index (κ2) is 6.45. The number of hydrogen-bond acceptors (Lipinski definition) is 4. The minimum Gasteiger partial charge on any atom is -0.444 e. The molecule has 21 heavy (non-hydrogen) atoms. The lowest BCUT2D eigenvalue weighted by Crippen LogP contribution is -2.54. The number of nitrogens with zero attached hydrogens (tertiary/aromatic N) is 1. The molecule has 2 N–H and O–H groups in total. The summed E-state index contributed by atoms with van der Waals surface area (Å²) in [5.74, 6) is 0. The van der Waals surface area contributed by atoms with E-state index >= 15 is 0 Å². The van der Waals surface area contributed by atoms with Crippen molar-refractivity contribution in [3.05, 3.63) is 35.9 Å². The van der Waals surface area contributed by atoms with Crippen molar-refractivity contribution >= 4 is 6.09 Å². The van der Waals surface area contributed by atoms with Gasteiger partial charge in [-0.15, -0.1) is 0 Å². The van der Waals surface area contributed by atoms with Crippen LogP contribution in [0.3, 0.4) is 0 Å². The van der Waals surface area contributed by atoms with Crippen LogP contribution in [-0.2, 0) is 9.47 Å². The summed E-state index contributed by atoms with van der Waals surface area (Å²) in [6.45, 7) is 7.01. The lowest BCUT2D eigenvalue weighted by Gasteiger charge is -2.39. The number of benzene rings is 1. The van der Waals surface area contributed by atoms with E-state index in [1.54, 1.807) is 4.90 Å². The van der Waals surface area contributed by atoms with Crippen LogP contribution < -0.4 is 5.73 Å². The first-order chi connectivity index (χ1) is 9.88. The maximum Gasteiger partial charge on any atom is 0.410 e. The van der Waals surface area contributed by atoms with Crippen molar-refractivity contribution in [2.24, 2.45) is 5.73 Å². The van der Waals surface area contributed by atoms with Gasteiger partial charge in [0.15, 0.2) is 0 Å². The zero-order chi connectivity index (χ0) is 15.5. The van der Waals surface area contributed by atoms with E-state index in [0.717, 1.165) is 5.56 Å². The fourth-order valence-electron chi connectivity index (χ4n) is 2.36. The highest BCUT2D eigenvalue weighted by Gasteiger charge is 2.35. The minimum absolute atomic E-state index is 0.212. The molecule has 0 saturated carbocycles. The van der Waals surface area contributed by atoms with Gasteiger partial charge in [-0.2, -0.15) is 0 Å². The Balaban J connectivity index is 2.13. The molecule has 1 aromatic rings. The third-order valence-electron chi connectivity index (χ3n) is 3.39. The second-order valence-electron chi connectivity index (χ2n) is 6.25. The van der Waals surface area contributed by atoms with Crippen LogP contribution in [0.25, 0.3) is 0 Å². The molecule has 0 spiro atoms. The summed E-state index contributed by atoms with van der Waals surface area (Å²) < 4.78 is 11.0. The molecule has 1 aliphatic heterocycles. The smallest absolute Gasteiger partial charge is 0.410 e. The molecular weight excluding hydrogens is 268 g/mol. The van der Waals surface area contributed by atoms with E-state index in [1.165, 1.54) is 0 Å². The zero-order valence-electron chi connectivity index (χ0n) is 12.9. The lowest BCUT2D eigenvalue weighted by atomic mass is 9.99. The Bertz CT molecular complexity index is 470. The van der Waals surface area contributed by atoms with Crippen molar-refractivity contribution in [1.82, 2.24) is 4.90 Å². The van der Waals surface area contributed by atoms with E-state index in [-0.39, 0.29) is 18.2 Å². The van der Waals surface area contributed by atoms with Gasteiger partial charge in [0.1, 0.15) is 5.60 Å². The Morgan fingerprint density at radius 2 is 2.05 bits per heavy atom. The Morgan fingerprint density at radius 1 is 1.38 bits per heavy atom. The van der Waals surface area contributed by atoms with Crippen molar-refractivity contribution in [3.8, 4) is 0 Å². The van der Waals surface area contributed by atoms with Crippen LogP contribution in [0.4, 0.5) is 4.79 Å². The Hall–Kier alpha value is -1.59. The first-order valence-corrected chi connectivity index (χ1v) is 7.26. The second-order valence-corrected chi connectivity index (χ2v) is 6.25. The summed E-state index contributed by atoms with van der Waals surface area (Å²) in [4.78, 5) is 14.0. The van der Waals surface area contributed by atoms with E-state index in [0.29, 0.717) is 19.8 Å². The van der Waals surface area contributed by atoms with Gasteiger partial charge in [-0.05, 0) is 26.3 Å². The molecule has 0 aliphatic carbocycles. The molecule has 1 heterocycles. The Labute approximate surface area is 126 Å². The summed E-state index contributed by atoms with van der Waals surface area (Å²) >= 11 is 0. The quantitative estimate of drug-likeness (QED) is 0.908. The van der Waals surface area contributed by atoms with Crippen LogP contribution in [0.15, 0.2) is 30.3 Å². The third-order valence-corrected chi connectivity index (χ3v) is 3.39. The van der Waals surface area contributed by atoms with Crippen LogP contribution in [0.2, 0.25) is 0 Å². The van der Waals surface area contributed by atoms with Gasteiger partial charge in [-0.1, -0.05) is 30.3 Å². The molecule has 1 amide bonds. The molecule has 0 aromatic heterocycles. The molecule has 5 nitrogen and oxygen atoms in total. The average Bonchev–Trinajstić information content (AvgIpc) is 2.45. The number of rotatable bonds is 2. The highest BCUT2D eigenvalue weighted by atomic mass is 16.6. The minimum atomic E-state index is -0.517. The molecular formula is C16H24N2O3. The van der Waals surface area contributed by atoms with Gasteiger partial charge in [0.05, 0.1) is 25.3 Å². The van der Waals surface area contributed by atoms with Crippen LogP contribution in [0.1, 0.15) is 32.4 Å². The largest absolute Gasteiger partial charge is 0.444 e. The van der Waals surface area contributed by atoms with E-state index in [2.05, 4.69) is 0 Å². The first kappa shape index (κ1) is 15.8. The predicted octanol–water partition coefficient (Wildman–Crippen LogP) is 2.32. The Kier molecular flexibility index (Phi) is 4.85. The maximum absolute atomic E-state index is 12.4. The number of nitrogens with two attached hydrogens (primary N) is 1.